The minimum atomic E-state index is 0.173. The summed E-state index contributed by atoms with van der Waals surface area (Å²) in [4.78, 5) is 11.1. The summed E-state index contributed by atoms with van der Waals surface area (Å²) in [5.74, 6) is 0.504. The Bertz CT molecular complexity index is 114. The summed E-state index contributed by atoms with van der Waals surface area (Å²) in [6.45, 7) is 5.87. The second-order valence-electron chi connectivity index (χ2n) is 2.84. The number of carbonyl (C=O) groups is 1. The number of nitrogens with one attached hydrogen (secondary N) is 1. The Hall–Kier alpha value is 0.360. The van der Waals surface area contributed by atoms with Crippen LogP contribution in [0.5, 0.6) is 0 Å². The van der Waals surface area contributed by atoms with Gasteiger partial charge in [0, 0.05) is 41.2 Å². The van der Waals surface area contributed by atoms with Crippen molar-refractivity contribution in [3.63, 3.8) is 0 Å². The third-order valence-corrected chi connectivity index (χ3v) is 2.40. The standard InChI is InChI=1S/C7H14INO/c1-5(2)7(10)4-6(3)9-8/h5-6,9H,4H2,1-3H3. The molecule has 0 aromatic carbocycles. The third-order valence-electron chi connectivity index (χ3n) is 1.34. The van der Waals surface area contributed by atoms with E-state index in [0.717, 1.165) is 0 Å². The van der Waals surface area contributed by atoms with Crippen molar-refractivity contribution in [1.29, 1.82) is 0 Å². The minimum absolute atomic E-state index is 0.173. The van der Waals surface area contributed by atoms with Crippen molar-refractivity contribution < 1.29 is 4.79 Å². The average molecular weight is 255 g/mol. The van der Waals surface area contributed by atoms with Gasteiger partial charge in [0.25, 0.3) is 0 Å². The molecule has 0 aliphatic heterocycles. The van der Waals surface area contributed by atoms with E-state index in [4.69, 9.17) is 0 Å². The molecule has 0 radical (unpaired) electrons. The van der Waals surface area contributed by atoms with Crippen molar-refractivity contribution in [3.05, 3.63) is 0 Å². The maximum Gasteiger partial charge on any atom is 0.136 e. The lowest BCUT2D eigenvalue weighted by Crippen LogP contribution is -2.22. The SMILES string of the molecule is CC(CC(=O)C(C)C)NI. The summed E-state index contributed by atoms with van der Waals surface area (Å²) in [6.07, 6.45) is 0.639. The van der Waals surface area contributed by atoms with Crippen LogP contribution >= 0.6 is 22.9 Å². The molecule has 2 nitrogen and oxygen atoms in total. The van der Waals surface area contributed by atoms with E-state index in [0.29, 0.717) is 18.2 Å². The maximum absolute atomic E-state index is 11.1. The van der Waals surface area contributed by atoms with Crippen molar-refractivity contribution in [2.75, 3.05) is 0 Å². The molecular weight excluding hydrogens is 241 g/mol. The number of hydrogen-bond acceptors (Lipinski definition) is 2. The second-order valence-corrected chi connectivity index (χ2v) is 3.46. The predicted octanol–water partition coefficient (Wildman–Crippen LogP) is 1.93. The Labute approximate surface area is 76.3 Å². The van der Waals surface area contributed by atoms with Crippen LogP contribution in [0.1, 0.15) is 27.2 Å². The highest BCUT2D eigenvalue weighted by Crippen LogP contribution is 2.02. The molecule has 60 valence electrons. The van der Waals surface area contributed by atoms with Gasteiger partial charge in [-0.05, 0) is 6.92 Å². The van der Waals surface area contributed by atoms with Crippen LogP contribution < -0.4 is 3.53 Å². The Balaban J connectivity index is 3.57. The van der Waals surface area contributed by atoms with Crippen LogP contribution in [0.3, 0.4) is 0 Å². The van der Waals surface area contributed by atoms with E-state index in [1.807, 2.05) is 20.8 Å². The van der Waals surface area contributed by atoms with Crippen LogP contribution in [0, 0.1) is 5.92 Å². The van der Waals surface area contributed by atoms with E-state index >= 15 is 0 Å². The number of rotatable bonds is 4. The Morgan fingerprint density at radius 1 is 1.50 bits per heavy atom. The summed E-state index contributed by atoms with van der Waals surface area (Å²) in [5, 5.41) is 0. The van der Waals surface area contributed by atoms with Crippen LogP contribution in [0.2, 0.25) is 0 Å². The van der Waals surface area contributed by atoms with Gasteiger partial charge in [-0.1, -0.05) is 13.8 Å². The second kappa shape index (κ2) is 5.07. The van der Waals surface area contributed by atoms with Crippen LogP contribution in [0.4, 0.5) is 0 Å². The average Bonchev–Trinajstić information content (AvgIpc) is 1.87. The molecule has 0 amide bonds. The normalized spacial score (nSPS) is 13.7. The van der Waals surface area contributed by atoms with Crippen LogP contribution in [0.25, 0.3) is 0 Å². The van der Waals surface area contributed by atoms with Crippen molar-refractivity contribution in [1.82, 2.24) is 3.53 Å². The first kappa shape index (κ1) is 10.4. The largest absolute Gasteiger partial charge is 0.299 e. The summed E-state index contributed by atoms with van der Waals surface area (Å²) < 4.78 is 3.00. The van der Waals surface area contributed by atoms with Gasteiger partial charge in [0.1, 0.15) is 5.78 Å². The zero-order valence-corrected chi connectivity index (χ0v) is 8.81. The van der Waals surface area contributed by atoms with Crippen LogP contribution in [0.15, 0.2) is 0 Å². The van der Waals surface area contributed by atoms with Crippen molar-refractivity contribution >= 4 is 28.6 Å². The van der Waals surface area contributed by atoms with Gasteiger partial charge in [0.15, 0.2) is 0 Å². The molecule has 0 aromatic heterocycles. The molecular formula is C7H14INO. The number of halogens is 1. The quantitative estimate of drug-likeness (QED) is 0.614. The van der Waals surface area contributed by atoms with Crippen LogP contribution in [-0.4, -0.2) is 11.8 Å². The topological polar surface area (TPSA) is 29.1 Å². The van der Waals surface area contributed by atoms with Crippen molar-refractivity contribution in [2.45, 2.75) is 33.2 Å². The zero-order valence-electron chi connectivity index (χ0n) is 6.65. The van der Waals surface area contributed by atoms with Crippen LogP contribution in [-0.2, 0) is 4.79 Å². The predicted molar refractivity (Wildman–Crippen MR) is 51.1 cm³/mol. The van der Waals surface area contributed by atoms with E-state index in [9.17, 15) is 4.79 Å². The Kier molecular flexibility index (Phi) is 5.25. The fourth-order valence-corrected chi connectivity index (χ4v) is 0.796. The first-order chi connectivity index (χ1) is 4.57. The zero-order chi connectivity index (χ0) is 8.15. The molecule has 0 saturated carbocycles. The first-order valence-corrected chi connectivity index (χ1v) is 4.54. The summed E-state index contributed by atoms with van der Waals surface area (Å²) in [5.41, 5.74) is 0. The van der Waals surface area contributed by atoms with Gasteiger partial charge in [-0.3, -0.25) is 8.32 Å². The molecule has 0 rings (SSSR count). The van der Waals surface area contributed by atoms with Crippen molar-refractivity contribution in [3.8, 4) is 0 Å². The van der Waals surface area contributed by atoms with E-state index in [-0.39, 0.29) is 5.92 Å². The summed E-state index contributed by atoms with van der Waals surface area (Å²) in [7, 11) is 0. The number of hydrogen-bond donors (Lipinski definition) is 1. The lowest BCUT2D eigenvalue weighted by molar-refractivity contribution is -0.122. The van der Waals surface area contributed by atoms with Crippen molar-refractivity contribution in [2.24, 2.45) is 5.92 Å². The van der Waals surface area contributed by atoms with Gasteiger partial charge < -0.3 is 0 Å². The van der Waals surface area contributed by atoms with E-state index in [2.05, 4.69) is 26.4 Å². The number of Topliss-reactive ketones (excluding diaryl/α,β-unsaturated/α-hetero) is 1. The number of ketones is 1. The molecule has 1 atom stereocenters. The molecule has 1 unspecified atom stereocenters. The van der Waals surface area contributed by atoms with Gasteiger partial charge in [-0.15, -0.1) is 0 Å². The molecule has 0 aliphatic rings. The fraction of sp³-hybridized carbons (Fsp3) is 0.857. The third kappa shape index (κ3) is 4.22. The lowest BCUT2D eigenvalue weighted by atomic mass is 10.0. The Morgan fingerprint density at radius 3 is 2.30 bits per heavy atom. The highest BCUT2D eigenvalue weighted by atomic mass is 127. The first-order valence-electron chi connectivity index (χ1n) is 3.46. The van der Waals surface area contributed by atoms with Gasteiger partial charge in [-0.2, -0.15) is 0 Å². The molecule has 1 N–H and O–H groups in total. The van der Waals surface area contributed by atoms with Gasteiger partial charge in [0.05, 0.1) is 0 Å². The van der Waals surface area contributed by atoms with Gasteiger partial charge in [0.2, 0.25) is 0 Å². The Morgan fingerprint density at radius 2 is 2.00 bits per heavy atom. The molecule has 0 saturated heterocycles. The molecule has 0 aliphatic carbocycles. The molecule has 0 bridgehead atoms. The van der Waals surface area contributed by atoms with Gasteiger partial charge >= 0.3 is 0 Å². The maximum atomic E-state index is 11.1. The smallest absolute Gasteiger partial charge is 0.136 e. The molecule has 10 heavy (non-hydrogen) atoms. The van der Waals surface area contributed by atoms with Gasteiger partial charge in [-0.25, -0.2) is 0 Å². The number of carbonyl (C=O) groups excluding carboxylic acids is 1. The monoisotopic (exact) mass is 255 g/mol. The highest BCUT2D eigenvalue weighted by Gasteiger charge is 2.10. The minimum Gasteiger partial charge on any atom is -0.299 e. The highest BCUT2D eigenvalue weighted by molar-refractivity contribution is 14.1. The van der Waals surface area contributed by atoms with E-state index in [1.165, 1.54) is 0 Å². The molecule has 3 heteroatoms. The fourth-order valence-electron chi connectivity index (χ4n) is 0.576. The molecule has 0 aromatic rings. The lowest BCUT2D eigenvalue weighted by Gasteiger charge is -2.08. The molecule has 0 spiro atoms. The molecule has 0 heterocycles. The van der Waals surface area contributed by atoms with E-state index < -0.39 is 0 Å². The summed E-state index contributed by atoms with van der Waals surface area (Å²) in [6, 6.07) is 0.301. The molecule has 0 fully saturated rings. The summed E-state index contributed by atoms with van der Waals surface area (Å²) >= 11 is 2.07. The van der Waals surface area contributed by atoms with E-state index in [1.54, 1.807) is 0 Å².